The summed E-state index contributed by atoms with van der Waals surface area (Å²) >= 11 is 0. The third kappa shape index (κ3) is 2.99. The largest absolute Gasteiger partial charge is 0.496 e. The van der Waals surface area contributed by atoms with Gasteiger partial charge in [0.05, 0.1) is 27.9 Å². The number of benzene rings is 1. The Morgan fingerprint density at radius 2 is 1.75 bits per heavy atom. The van der Waals surface area contributed by atoms with Crippen molar-refractivity contribution < 1.29 is 19.3 Å². The van der Waals surface area contributed by atoms with Crippen molar-refractivity contribution in [2.45, 2.75) is 25.4 Å². The molecule has 1 heterocycles. The average molecular weight is 281 g/mol. The summed E-state index contributed by atoms with van der Waals surface area (Å²) in [6.07, 6.45) is 2.17. The number of aliphatic hydroxyl groups is 1. The van der Waals surface area contributed by atoms with Crippen molar-refractivity contribution in [2.75, 3.05) is 34.5 Å². The van der Waals surface area contributed by atoms with E-state index in [4.69, 9.17) is 14.2 Å². The third-order valence-corrected chi connectivity index (χ3v) is 3.87. The molecule has 1 N–H and O–H groups in total. The first-order valence-corrected chi connectivity index (χ1v) is 6.87. The summed E-state index contributed by atoms with van der Waals surface area (Å²) in [5, 5.41) is 9.41. The summed E-state index contributed by atoms with van der Waals surface area (Å²) in [5.74, 6) is 2.14. The van der Waals surface area contributed by atoms with E-state index >= 15 is 0 Å². The molecule has 1 aliphatic heterocycles. The first-order chi connectivity index (χ1) is 9.73. The van der Waals surface area contributed by atoms with Crippen LogP contribution in [-0.2, 0) is 6.54 Å². The second-order valence-electron chi connectivity index (χ2n) is 4.97. The fourth-order valence-electron chi connectivity index (χ4n) is 2.74. The fourth-order valence-corrected chi connectivity index (χ4v) is 2.74. The molecule has 5 heteroatoms. The lowest BCUT2D eigenvalue weighted by Gasteiger charge is -2.24. The Kier molecular flexibility index (Phi) is 5.09. The SMILES string of the molecule is COc1cc(OC)c(OC)cc1CN1CCC[C@H]1CO. The van der Waals surface area contributed by atoms with E-state index in [2.05, 4.69) is 4.90 Å². The van der Waals surface area contributed by atoms with E-state index in [-0.39, 0.29) is 12.6 Å². The van der Waals surface area contributed by atoms with Crippen LogP contribution in [0, 0.1) is 0 Å². The summed E-state index contributed by atoms with van der Waals surface area (Å²) in [7, 11) is 4.89. The highest BCUT2D eigenvalue weighted by Crippen LogP contribution is 2.36. The second-order valence-corrected chi connectivity index (χ2v) is 4.97. The Morgan fingerprint density at radius 3 is 2.35 bits per heavy atom. The molecule has 2 rings (SSSR count). The first-order valence-electron chi connectivity index (χ1n) is 6.87. The normalized spacial score (nSPS) is 19.1. The maximum Gasteiger partial charge on any atom is 0.164 e. The number of ether oxygens (including phenoxy) is 3. The van der Waals surface area contributed by atoms with Gasteiger partial charge in [0, 0.05) is 24.2 Å². The average Bonchev–Trinajstić information content (AvgIpc) is 2.93. The molecule has 1 aromatic carbocycles. The molecular weight excluding hydrogens is 258 g/mol. The molecule has 0 saturated carbocycles. The van der Waals surface area contributed by atoms with Gasteiger partial charge in [0.2, 0.25) is 0 Å². The molecule has 1 atom stereocenters. The van der Waals surface area contributed by atoms with Gasteiger partial charge in [-0.15, -0.1) is 0 Å². The van der Waals surface area contributed by atoms with Crippen molar-refractivity contribution >= 4 is 0 Å². The van der Waals surface area contributed by atoms with Crippen LogP contribution in [0.1, 0.15) is 18.4 Å². The minimum absolute atomic E-state index is 0.204. The Bertz CT molecular complexity index is 450. The van der Waals surface area contributed by atoms with Crippen LogP contribution in [0.15, 0.2) is 12.1 Å². The number of likely N-dealkylation sites (tertiary alicyclic amines) is 1. The minimum atomic E-state index is 0.204. The van der Waals surface area contributed by atoms with E-state index in [0.29, 0.717) is 11.5 Å². The van der Waals surface area contributed by atoms with Crippen LogP contribution >= 0.6 is 0 Å². The van der Waals surface area contributed by atoms with Crippen molar-refractivity contribution in [3.05, 3.63) is 17.7 Å². The van der Waals surface area contributed by atoms with Crippen molar-refractivity contribution in [3.63, 3.8) is 0 Å². The van der Waals surface area contributed by atoms with Gasteiger partial charge < -0.3 is 19.3 Å². The van der Waals surface area contributed by atoms with Crippen LogP contribution in [0.2, 0.25) is 0 Å². The minimum Gasteiger partial charge on any atom is -0.496 e. The van der Waals surface area contributed by atoms with Gasteiger partial charge in [0.25, 0.3) is 0 Å². The van der Waals surface area contributed by atoms with E-state index in [9.17, 15) is 5.11 Å². The van der Waals surface area contributed by atoms with E-state index in [1.165, 1.54) is 0 Å². The maximum absolute atomic E-state index is 9.41. The summed E-state index contributed by atoms with van der Waals surface area (Å²) in [5.41, 5.74) is 1.05. The Balaban J connectivity index is 2.25. The zero-order chi connectivity index (χ0) is 14.5. The lowest BCUT2D eigenvalue weighted by Crippen LogP contribution is -2.31. The highest BCUT2D eigenvalue weighted by Gasteiger charge is 2.25. The van der Waals surface area contributed by atoms with Crippen LogP contribution in [0.5, 0.6) is 17.2 Å². The highest BCUT2D eigenvalue weighted by molar-refractivity contribution is 5.50. The summed E-state index contributed by atoms with van der Waals surface area (Å²) in [4.78, 5) is 2.28. The van der Waals surface area contributed by atoms with Gasteiger partial charge in [-0.1, -0.05) is 0 Å². The zero-order valence-electron chi connectivity index (χ0n) is 12.4. The molecule has 0 bridgehead atoms. The van der Waals surface area contributed by atoms with Crippen molar-refractivity contribution in [1.29, 1.82) is 0 Å². The molecule has 20 heavy (non-hydrogen) atoms. The standard InChI is InChI=1S/C15H23NO4/c1-18-13-8-15(20-3)14(19-2)7-11(13)9-16-6-4-5-12(16)10-17/h7-8,12,17H,4-6,9-10H2,1-3H3/t12-/m0/s1. The predicted molar refractivity (Wildman–Crippen MR) is 76.6 cm³/mol. The van der Waals surface area contributed by atoms with Crippen molar-refractivity contribution in [1.82, 2.24) is 4.90 Å². The van der Waals surface area contributed by atoms with Gasteiger partial charge >= 0.3 is 0 Å². The number of hydrogen-bond donors (Lipinski definition) is 1. The Morgan fingerprint density at radius 1 is 1.10 bits per heavy atom. The molecule has 0 spiro atoms. The predicted octanol–water partition coefficient (Wildman–Crippen LogP) is 1.67. The van der Waals surface area contributed by atoms with E-state index in [0.717, 1.165) is 37.2 Å². The molecule has 0 radical (unpaired) electrons. The zero-order valence-corrected chi connectivity index (χ0v) is 12.4. The molecule has 1 saturated heterocycles. The molecule has 0 amide bonds. The topological polar surface area (TPSA) is 51.2 Å². The van der Waals surface area contributed by atoms with E-state index in [1.807, 2.05) is 12.1 Å². The number of aliphatic hydroxyl groups excluding tert-OH is 1. The van der Waals surface area contributed by atoms with Gasteiger partial charge in [-0.25, -0.2) is 0 Å². The van der Waals surface area contributed by atoms with Crippen molar-refractivity contribution in [3.8, 4) is 17.2 Å². The number of methoxy groups -OCH3 is 3. The highest BCUT2D eigenvalue weighted by atomic mass is 16.5. The van der Waals surface area contributed by atoms with Crippen LogP contribution in [0.3, 0.4) is 0 Å². The molecule has 0 unspecified atom stereocenters. The maximum atomic E-state index is 9.41. The monoisotopic (exact) mass is 281 g/mol. The fraction of sp³-hybridized carbons (Fsp3) is 0.600. The van der Waals surface area contributed by atoms with Crippen LogP contribution in [-0.4, -0.2) is 50.5 Å². The van der Waals surface area contributed by atoms with Crippen molar-refractivity contribution in [2.24, 2.45) is 0 Å². The lowest BCUT2D eigenvalue weighted by atomic mass is 10.1. The molecular formula is C15H23NO4. The van der Waals surface area contributed by atoms with E-state index in [1.54, 1.807) is 21.3 Å². The van der Waals surface area contributed by atoms with Crippen LogP contribution in [0.25, 0.3) is 0 Å². The number of nitrogens with zero attached hydrogens (tertiary/aromatic N) is 1. The summed E-state index contributed by atoms with van der Waals surface area (Å²) < 4.78 is 16.1. The van der Waals surface area contributed by atoms with Gasteiger partial charge in [0.15, 0.2) is 11.5 Å². The van der Waals surface area contributed by atoms with Gasteiger partial charge in [-0.3, -0.25) is 4.90 Å². The van der Waals surface area contributed by atoms with Crippen LogP contribution < -0.4 is 14.2 Å². The number of hydrogen-bond acceptors (Lipinski definition) is 5. The van der Waals surface area contributed by atoms with Gasteiger partial charge in [-0.2, -0.15) is 0 Å². The third-order valence-electron chi connectivity index (χ3n) is 3.87. The summed E-state index contributed by atoms with van der Waals surface area (Å²) in [6, 6.07) is 4.04. The smallest absolute Gasteiger partial charge is 0.164 e. The molecule has 5 nitrogen and oxygen atoms in total. The first kappa shape index (κ1) is 14.9. The number of rotatable bonds is 6. The molecule has 0 aromatic heterocycles. The Labute approximate surface area is 120 Å². The van der Waals surface area contributed by atoms with Gasteiger partial charge in [-0.05, 0) is 25.5 Å². The van der Waals surface area contributed by atoms with Gasteiger partial charge in [0.1, 0.15) is 5.75 Å². The summed E-state index contributed by atoms with van der Waals surface area (Å²) in [6.45, 7) is 1.95. The van der Waals surface area contributed by atoms with E-state index < -0.39 is 0 Å². The molecule has 112 valence electrons. The Hall–Kier alpha value is -1.46. The molecule has 1 fully saturated rings. The quantitative estimate of drug-likeness (QED) is 0.859. The second kappa shape index (κ2) is 6.81. The molecule has 1 aliphatic rings. The molecule has 1 aromatic rings. The lowest BCUT2D eigenvalue weighted by molar-refractivity contribution is 0.152. The molecule has 0 aliphatic carbocycles. The van der Waals surface area contributed by atoms with Crippen LogP contribution in [0.4, 0.5) is 0 Å².